The van der Waals surface area contributed by atoms with Crippen LogP contribution in [0.1, 0.15) is 17.2 Å². The number of aromatic amines is 2. The van der Waals surface area contributed by atoms with Crippen LogP contribution >= 0.6 is 0 Å². The molecule has 0 aliphatic rings. The molecule has 0 fully saturated rings. The molecule has 0 aliphatic carbocycles. The third-order valence-corrected chi connectivity index (χ3v) is 4.35. The molecule has 2 aromatic heterocycles. The van der Waals surface area contributed by atoms with Gasteiger partial charge in [-0.15, -0.1) is 0 Å². The van der Waals surface area contributed by atoms with Gasteiger partial charge in [-0.25, -0.2) is 4.39 Å². The number of nitrogens with one attached hydrogen (secondary N) is 2. The summed E-state index contributed by atoms with van der Waals surface area (Å²) in [6, 6.07) is 16.4. The molecule has 0 aliphatic heterocycles. The Hall–Kier alpha value is -2.92. The first-order chi connectivity index (χ1) is 11.8. The summed E-state index contributed by atoms with van der Waals surface area (Å²) >= 11 is 0. The van der Waals surface area contributed by atoms with Gasteiger partial charge in [0.2, 0.25) is 0 Å². The molecule has 0 amide bonds. The maximum absolute atomic E-state index is 13.1. The van der Waals surface area contributed by atoms with E-state index < -0.39 is 0 Å². The molecule has 4 aromatic rings. The summed E-state index contributed by atoms with van der Waals surface area (Å²) in [4.78, 5) is 3.29. The summed E-state index contributed by atoms with van der Waals surface area (Å²) in [5, 5.41) is 8.61. The van der Waals surface area contributed by atoms with Crippen molar-refractivity contribution in [2.75, 3.05) is 6.54 Å². The Morgan fingerprint density at radius 3 is 2.67 bits per heavy atom. The lowest BCUT2D eigenvalue weighted by Crippen LogP contribution is -2.14. The third kappa shape index (κ3) is 2.49. The number of aromatic nitrogens is 3. The normalized spacial score (nSPS) is 12.6. The van der Waals surface area contributed by atoms with Gasteiger partial charge >= 0.3 is 0 Å². The summed E-state index contributed by atoms with van der Waals surface area (Å²) in [7, 11) is 0. The molecule has 0 radical (unpaired) electrons. The number of nitrogens with two attached hydrogens (primary N) is 1. The van der Waals surface area contributed by atoms with Gasteiger partial charge in [0, 0.05) is 40.8 Å². The summed E-state index contributed by atoms with van der Waals surface area (Å²) in [6.07, 6.45) is 2.00. The minimum Gasteiger partial charge on any atom is -0.361 e. The lowest BCUT2D eigenvalue weighted by atomic mass is 9.95. The Labute approximate surface area is 138 Å². The first-order valence-electron chi connectivity index (χ1n) is 7.83. The SMILES string of the molecule is NCC(c1cc(-c2ccc(F)cc2)n[nH]1)c1c[nH]c2ccccc12. The van der Waals surface area contributed by atoms with E-state index in [1.165, 1.54) is 12.1 Å². The van der Waals surface area contributed by atoms with Gasteiger partial charge in [0.15, 0.2) is 0 Å². The second-order valence-electron chi connectivity index (χ2n) is 5.79. The largest absolute Gasteiger partial charge is 0.361 e. The van der Waals surface area contributed by atoms with Gasteiger partial charge in [-0.1, -0.05) is 18.2 Å². The molecule has 4 rings (SSSR count). The van der Waals surface area contributed by atoms with E-state index in [0.717, 1.165) is 33.4 Å². The van der Waals surface area contributed by atoms with Crippen LogP contribution in [0, 0.1) is 5.82 Å². The molecule has 4 N–H and O–H groups in total. The number of hydrogen-bond acceptors (Lipinski definition) is 2. The molecular formula is C19H17FN4. The quantitative estimate of drug-likeness (QED) is 0.535. The standard InChI is InChI=1S/C19H17FN4/c20-13-7-5-12(6-8-13)18-9-19(24-23-18)15(10-21)16-11-22-17-4-2-1-3-14(16)17/h1-9,11,15,22H,10,21H2,(H,23,24). The van der Waals surface area contributed by atoms with Crippen LogP contribution in [0.3, 0.4) is 0 Å². The number of hydrogen-bond donors (Lipinski definition) is 3. The number of benzene rings is 2. The summed E-state index contributed by atoms with van der Waals surface area (Å²) < 4.78 is 13.1. The highest BCUT2D eigenvalue weighted by atomic mass is 19.1. The Balaban J connectivity index is 1.73. The zero-order valence-electron chi connectivity index (χ0n) is 13.0. The summed E-state index contributed by atoms with van der Waals surface area (Å²) in [5.74, 6) is -0.240. The minimum absolute atomic E-state index is 0.0165. The van der Waals surface area contributed by atoms with E-state index in [0.29, 0.717) is 6.54 Å². The van der Waals surface area contributed by atoms with Gasteiger partial charge < -0.3 is 10.7 Å². The number of fused-ring (bicyclic) bond motifs is 1. The van der Waals surface area contributed by atoms with Gasteiger partial charge in [0.05, 0.1) is 5.69 Å². The zero-order chi connectivity index (χ0) is 16.5. The number of H-pyrrole nitrogens is 2. The van der Waals surface area contributed by atoms with E-state index >= 15 is 0 Å². The molecule has 0 saturated carbocycles. The van der Waals surface area contributed by atoms with Gasteiger partial charge in [0.1, 0.15) is 5.82 Å². The molecule has 120 valence electrons. The van der Waals surface area contributed by atoms with Crippen LogP contribution in [-0.4, -0.2) is 21.7 Å². The van der Waals surface area contributed by atoms with Crippen molar-refractivity contribution in [1.29, 1.82) is 0 Å². The first-order valence-corrected chi connectivity index (χ1v) is 7.83. The van der Waals surface area contributed by atoms with Crippen molar-refractivity contribution < 1.29 is 4.39 Å². The highest BCUT2D eigenvalue weighted by Crippen LogP contribution is 2.31. The fourth-order valence-electron chi connectivity index (χ4n) is 3.09. The van der Waals surface area contributed by atoms with Gasteiger partial charge in [-0.2, -0.15) is 5.10 Å². The Morgan fingerprint density at radius 1 is 1.08 bits per heavy atom. The van der Waals surface area contributed by atoms with E-state index in [1.54, 1.807) is 12.1 Å². The van der Waals surface area contributed by atoms with Gasteiger partial charge in [-0.3, -0.25) is 5.10 Å². The average Bonchev–Trinajstić information content (AvgIpc) is 3.25. The van der Waals surface area contributed by atoms with Crippen LogP contribution in [0.4, 0.5) is 4.39 Å². The van der Waals surface area contributed by atoms with E-state index in [4.69, 9.17) is 5.73 Å². The molecule has 0 spiro atoms. The average molecular weight is 320 g/mol. The maximum Gasteiger partial charge on any atom is 0.123 e. The lowest BCUT2D eigenvalue weighted by molar-refractivity contribution is 0.628. The zero-order valence-corrected chi connectivity index (χ0v) is 13.0. The van der Waals surface area contributed by atoms with Crippen LogP contribution in [0.5, 0.6) is 0 Å². The fourth-order valence-corrected chi connectivity index (χ4v) is 3.09. The fraction of sp³-hybridized carbons (Fsp3) is 0.105. The molecular weight excluding hydrogens is 303 g/mol. The van der Waals surface area contributed by atoms with Crippen molar-refractivity contribution in [1.82, 2.24) is 15.2 Å². The molecule has 0 saturated heterocycles. The summed E-state index contributed by atoms with van der Waals surface area (Å²) in [6.45, 7) is 0.465. The number of nitrogens with zero attached hydrogens (tertiary/aromatic N) is 1. The highest BCUT2D eigenvalue weighted by Gasteiger charge is 2.19. The molecule has 4 nitrogen and oxygen atoms in total. The van der Waals surface area contributed by atoms with Crippen molar-refractivity contribution in [2.45, 2.75) is 5.92 Å². The molecule has 2 heterocycles. The van der Waals surface area contributed by atoms with Crippen LogP contribution in [-0.2, 0) is 0 Å². The van der Waals surface area contributed by atoms with Gasteiger partial charge in [-0.05, 0) is 42.0 Å². The van der Waals surface area contributed by atoms with E-state index in [1.807, 2.05) is 30.5 Å². The monoisotopic (exact) mass is 320 g/mol. The smallest absolute Gasteiger partial charge is 0.123 e. The predicted molar refractivity (Wildman–Crippen MR) is 93.2 cm³/mol. The molecule has 1 atom stereocenters. The molecule has 2 aromatic carbocycles. The van der Waals surface area contributed by atoms with Gasteiger partial charge in [0.25, 0.3) is 0 Å². The number of para-hydroxylation sites is 1. The van der Waals surface area contributed by atoms with Crippen molar-refractivity contribution >= 4 is 10.9 Å². The number of halogens is 1. The van der Waals surface area contributed by atoms with Crippen LogP contribution in [0.2, 0.25) is 0 Å². The minimum atomic E-state index is -0.256. The molecule has 24 heavy (non-hydrogen) atoms. The number of rotatable bonds is 4. The van der Waals surface area contributed by atoms with E-state index in [9.17, 15) is 4.39 Å². The molecule has 0 bridgehead atoms. The predicted octanol–water partition coefficient (Wildman–Crippen LogP) is 3.79. The van der Waals surface area contributed by atoms with Crippen LogP contribution in [0.25, 0.3) is 22.2 Å². The van der Waals surface area contributed by atoms with Crippen molar-refractivity contribution in [3.8, 4) is 11.3 Å². The van der Waals surface area contributed by atoms with E-state index in [-0.39, 0.29) is 11.7 Å². The molecule has 5 heteroatoms. The second-order valence-corrected chi connectivity index (χ2v) is 5.79. The van der Waals surface area contributed by atoms with Crippen molar-refractivity contribution in [2.24, 2.45) is 5.73 Å². The highest BCUT2D eigenvalue weighted by molar-refractivity contribution is 5.84. The Kier molecular flexibility index (Phi) is 3.63. The lowest BCUT2D eigenvalue weighted by Gasteiger charge is -2.11. The van der Waals surface area contributed by atoms with Crippen molar-refractivity contribution in [3.05, 3.63) is 77.9 Å². The van der Waals surface area contributed by atoms with Crippen LogP contribution in [0.15, 0.2) is 60.8 Å². The van der Waals surface area contributed by atoms with E-state index in [2.05, 4.69) is 21.2 Å². The van der Waals surface area contributed by atoms with Crippen molar-refractivity contribution in [3.63, 3.8) is 0 Å². The third-order valence-electron chi connectivity index (χ3n) is 4.35. The maximum atomic E-state index is 13.1. The Bertz CT molecular complexity index is 968. The molecule has 1 unspecified atom stereocenters. The first kappa shape index (κ1) is 14.7. The Morgan fingerprint density at radius 2 is 1.88 bits per heavy atom. The second kappa shape index (κ2) is 5.94. The van der Waals surface area contributed by atoms with Crippen LogP contribution < -0.4 is 5.73 Å². The topological polar surface area (TPSA) is 70.5 Å². The summed E-state index contributed by atoms with van der Waals surface area (Å²) in [5.41, 5.74) is 10.9.